The Hall–Kier alpha value is -6.59. The molecule has 48 heavy (non-hydrogen) atoms. The van der Waals surface area contributed by atoms with Crippen molar-refractivity contribution in [3.63, 3.8) is 0 Å². The summed E-state index contributed by atoms with van der Waals surface area (Å²) in [6.45, 7) is 0. The summed E-state index contributed by atoms with van der Waals surface area (Å²) in [5, 5.41) is 11.7. The predicted octanol–water partition coefficient (Wildman–Crippen LogP) is 11.1. The maximum atomic E-state index is 6.60. The highest BCUT2D eigenvalue weighted by Gasteiger charge is 2.24. The van der Waals surface area contributed by atoms with E-state index >= 15 is 0 Å². The van der Waals surface area contributed by atoms with Gasteiger partial charge in [0.25, 0.3) is 0 Å². The molecule has 5 heteroatoms. The van der Waals surface area contributed by atoms with Crippen molar-refractivity contribution < 1.29 is 4.42 Å². The number of benzene rings is 7. The Morgan fingerprint density at radius 2 is 0.958 bits per heavy atom. The van der Waals surface area contributed by atoms with E-state index in [9.17, 15) is 0 Å². The summed E-state index contributed by atoms with van der Waals surface area (Å²) in [5.74, 6) is 1.83. The van der Waals surface area contributed by atoms with Gasteiger partial charge in [-0.2, -0.15) is 9.97 Å². The number of furan rings is 1. The van der Waals surface area contributed by atoms with Crippen LogP contribution in [0.4, 0.5) is 0 Å². The van der Waals surface area contributed by atoms with Gasteiger partial charge in [-0.15, -0.1) is 0 Å². The van der Waals surface area contributed by atoms with Gasteiger partial charge in [-0.1, -0.05) is 109 Å². The maximum absolute atomic E-state index is 6.60. The molecule has 0 atom stereocenters. The van der Waals surface area contributed by atoms with Crippen LogP contribution in [0.2, 0.25) is 0 Å². The molecule has 222 valence electrons. The fourth-order valence-electron chi connectivity index (χ4n) is 7.70. The highest BCUT2D eigenvalue weighted by Crippen LogP contribution is 2.47. The Balaban J connectivity index is 1.37. The molecule has 11 rings (SSSR count). The van der Waals surface area contributed by atoms with Crippen molar-refractivity contribution in [1.29, 1.82) is 0 Å². The van der Waals surface area contributed by atoms with Crippen LogP contribution in [0.1, 0.15) is 0 Å². The van der Waals surface area contributed by atoms with E-state index in [-0.39, 0.29) is 0 Å². The van der Waals surface area contributed by atoms with E-state index in [1.165, 1.54) is 32.3 Å². The third-order valence-corrected chi connectivity index (χ3v) is 9.77. The lowest BCUT2D eigenvalue weighted by Gasteiger charge is -2.11. The fourth-order valence-corrected chi connectivity index (χ4v) is 7.70. The Morgan fingerprint density at radius 1 is 0.396 bits per heavy atom. The van der Waals surface area contributed by atoms with Crippen molar-refractivity contribution in [3.05, 3.63) is 146 Å². The molecular formula is C43H24N4O. The molecule has 0 saturated heterocycles. The summed E-state index contributed by atoms with van der Waals surface area (Å²) in [7, 11) is 0. The lowest BCUT2D eigenvalue weighted by atomic mass is 9.93. The number of hydrogen-bond donors (Lipinski definition) is 0. The van der Waals surface area contributed by atoms with Gasteiger partial charge >= 0.3 is 0 Å². The standard InChI is InChI=1S/C43H24N4O/c1-3-11-25(12-4-1)41-44-42(26-13-5-2-6-14-26)46-43(45-41)47-33-19-9-17-29-31-23-27-15-7-8-16-28(27)24-32(31)30-18-10-20-35-38(30)40-36(48-35)22-21-34(47)39(40)37(29)33/h1-24H. The van der Waals surface area contributed by atoms with Crippen molar-refractivity contribution in [2.45, 2.75) is 0 Å². The van der Waals surface area contributed by atoms with E-state index in [0.29, 0.717) is 17.6 Å². The topological polar surface area (TPSA) is 56.7 Å². The average Bonchev–Trinajstić information content (AvgIpc) is 3.70. The van der Waals surface area contributed by atoms with Gasteiger partial charge in [0.15, 0.2) is 11.6 Å². The number of hydrogen-bond acceptors (Lipinski definition) is 4. The Labute approximate surface area is 273 Å². The van der Waals surface area contributed by atoms with E-state index in [0.717, 1.165) is 54.9 Å². The summed E-state index contributed by atoms with van der Waals surface area (Å²) in [6, 6.07) is 50.8. The van der Waals surface area contributed by atoms with E-state index in [2.05, 4.69) is 89.5 Å². The molecule has 0 unspecified atom stereocenters. The van der Waals surface area contributed by atoms with Crippen LogP contribution in [0.5, 0.6) is 0 Å². The number of fused-ring (bicyclic) bond motifs is 4. The summed E-state index contributed by atoms with van der Waals surface area (Å²) >= 11 is 0. The zero-order valence-electron chi connectivity index (χ0n) is 25.6. The molecule has 0 radical (unpaired) electrons. The molecular weight excluding hydrogens is 589 g/mol. The Kier molecular flexibility index (Phi) is 5.05. The molecule has 0 bridgehead atoms. The minimum absolute atomic E-state index is 0.574. The fraction of sp³-hybridized carbons (Fsp3) is 0. The quantitative estimate of drug-likeness (QED) is 0.199. The minimum Gasteiger partial charge on any atom is -0.456 e. The Morgan fingerprint density at radius 3 is 1.62 bits per heavy atom. The van der Waals surface area contributed by atoms with Crippen molar-refractivity contribution >= 4 is 76.1 Å². The summed E-state index contributed by atoms with van der Waals surface area (Å²) in [4.78, 5) is 15.3. The normalized spacial score (nSPS) is 12.2. The largest absolute Gasteiger partial charge is 0.456 e. The second kappa shape index (κ2) is 9.47. The van der Waals surface area contributed by atoms with E-state index < -0.39 is 0 Å². The van der Waals surface area contributed by atoms with Gasteiger partial charge in [0.1, 0.15) is 11.2 Å². The van der Waals surface area contributed by atoms with Crippen LogP contribution in [-0.4, -0.2) is 19.5 Å². The molecule has 3 aromatic heterocycles. The average molecular weight is 613 g/mol. The molecule has 0 saturated carbocycles. The van der Waals surface area contributed by atoms with Gasteiger partial charge in [0, 0.05) is 32.7 Å². The van der Waals surface area contributed by atoms with Crippen LogP contribution in [-0.2, 0) is 0 Å². The van der Waals surface area contributed by atoms with Crippen LogP contribution in [0.15, 0.2) is 150 Å². The first-order valence-electron chi connectivity index (χ1n) is 16.1. The van der Waals surface area contributed by atoms with Gasteiger partial charge in [0.05, 0.1) is 11.0 Å². The first-order valence-corrected chi connectivity index (χ1v) is 16.1. The van der Waals surface area contributed by atoms with E-state index in [1.807, 2.05) is 60.7 Å². The molecule has 8 aromatic carbocycles. The number of aromatic nitrogens is 4. The van der Waals surface area contributed by atoms with Crippen LogP contribution >= 0.6 is 0 Å². The molecule has 0 aliphatic carbocycles. The van der Waals surface area contributed by atoms with Crippen LogP contribution in [0, 0.1) is 0 Å². The zero-order valence-corrected chi connectivity index (χ0v) is 25.6. The predicted molar refractivity (Wildman–Crippen MR) is 196 cm³/mol. The van der Waals surface area contributed by atoms with Crippen LogP contribution < -0.4 is 0 Å². The van der Waals surface area contributed by atoms with E-state index in [4.69, 9.17) is 19.4 Å². The second-order valence-corrected chi connectivity index (χ2v) is 12.4. The SMILES string of the molecule is c1ccc(-c2nc(-c3ccccc3)nc(-n3c4cccc5c6cc7ccccc7cc6c6cccc7oc8ccc3c(c8c76)c54)n2)cc1. The van der Waals surface area contributed by atoms with E-state index in [1.54, 1.807) is 0 Å². The van der Waals surface area contributed by atoms with Gasteiger partial charge in [-0.3, -0.25) is 4.57 Å². The first kappa shape index (κ1) is 25.6. The molecule has 3 heterocycles. The first-order chi connectivity index (χ1) is 23.8. The molecule has 0 aliphatic rings. The molecule has 0 fully saturated rings. The second-order valence-electron chi connectivity index (χ2n) is 12.4. The lowest BCUT2D eigenvalue weighted by molar-refractivity contribution is 0.669. The molecule has 11 aromatic rings. The number of nitrogens with zero attached hydrogens (tertiary/aromatic N) is 4. The lowest BCUT2D eigenvalue weighted by Crippen LogP contribution is -2.06. The van der Waals surface area contributed by atoms with Crippen LogP contribution in [0.3, 0.4) is 0 Å². The van der Waals surface area contributed by atoms with Crippen molar-refractivity contribution in [2.75, 3.05) is 0 Å². The Bertz CT molecular complexity index is 2990. The van der Waals surface area contributed by atoms with Crippen molar-refractivity contribution in [1.82, 2.24) is 19.5 Å². The van der Waals surface area contributed by atoms with Gasteiger partial charge in [-0.05, 0) is 68.7 Å². The third-order valence-electron chi connectivity index (χ3n) is 9.77. The molecule has 0 spiro atoms. The maximum Gasteiger partial charge on any atom is 0.238 e. The zero-order chi connectivity index (χ0) is 31.3. The number of rotatable bonds is 3. The summed E-state index contributed by atoms with van der Waals surface area (Å²) in [6.07, 6.45) is 0. The van der Waals surface area contributed by atoms with Crippen molar-refractivity contribution in [3.8, 4) is 28.7 Å². The molecule has 0 aliphatic heterocycles. The molecule has 5 nitrogen and oxygen atoms in total. The highest BCUT2D eigenvalue weighted by molar-refractivity contribution is 6.38. The molecule has 0 N–H and O–H groups in total. The summed E-state index contributed by atoms with van der Waals surface area (Å²) < 4.78 is 8.81. The van der Waals surface area contributed by atoms with Crippen LogP contribution in [0.25, 0.3) is 105 Å². The van der Waals surface area contributed by atoms with Gasteiger partial charge in [-0.25, -0.2) is 4.98 Å². The smallest absolute Gasteiger partial charge is 0.238 e. The molecule has 0 amide bonds. The highest BCUT2D eigenvalue weighted by atomic mass is 16.3. The van der Waals surface area contributed by atoms with Gasteiger partial charge in [0.2, 0.25) is 5.95 Å². The van der Waals surface area contributed by atoms with Crippen molar-refractivity contribution in [2.24, 2.45) is 0 Å². The monoisotopic (exact) mass is 612 g/mol. The summed E-state index contributed by atoms with van der Waals surface area (Å²) in [5.41, 5.74) is 5.68. The van der Waals surface area contributed by atoms with Gasteiger partial charge < -0.3 is 4.42 Å². The minimum atomic E-state index is 0.574. The third kappa shape index (κ3) is 3.47.